The number of ether oxygens (including phenoxy) is 3. The molecule has 1 aliphatic rings. The topological polar surface area (TPSA) is 82.9 Å². The maximum Gasteiger partial charge on any atom is 0.454 e. The summed E-state index contributed by atoms with van der Waals surface area (Å²) < 4.78 is 21.5. The number of nitrogens with zero attached hydrogens (tertiary/aromatic N) is 2. The van der Waals surface area contributed by atoms with Crippen LogP contribution in [0.5, 0.6) is 17.4 Å². The molecule has 1 N–H and O–H groups in total. The Morgan fingerprint density at radius 1 is 1.20 bits per heavy atom. The highest BCUT2D eigenvalue weighted by Crippen LogP contribution is 2.34. The minimum atomic E-state index is -0.750. The molecule has 1 atom stereocenters. The Kier molecular flexibility index (Phi) is 5.40. The van der Waals surface area contributed by atoms with E-state index in [1.807, 2.05) is 25.1 Å². The van der Waals surface area contributed by atoms with E-state index in [1.165, 1.54) is 0 Å². The zero-order valence-electron chi connectivity index (χ0n) is 14.6. The molecule has 132 valence electrons. The van der Waals surface area contributed by atoms with Gasteiger partial charge in [-0.15, -0.1) is 0 Å². The van der Waals surface area contributed by atoms with Gasteiger partial charge >= 0.3 is 7.12 Å². The van der Waals surface area contributed by atoms with Crippen LogP contribution in [0.2, 0.25) is 6.32 Å². The molecular weight excluding hydrogens is 323 g/mol. The number of methoxy groups -OCH3 is 2. The van der Waals surface area contributed by atoms with Crippen molar-refractivity contribution in [2.45, 2.75) is 19.2 Å². The molecule has 2 heterocycles. The van der Waals surface area contributed by atoms with Crippen molar-refractivity contribution in [2.24, 2.45) is 0 Å². The van der Waals surface area contributed by atoms with Crippen LogP contribution in [0.1, 0.15) is 18.5 Å². The number of hydrogen-bond acceptors (Lipinski definition) is 7. The Morgan fingerprint density at radius 3 is 2.68 bits per heavy atom. The molecular formula is C17H21BN2O5. The van der Waals surface area contributed by atoms with E-state index in [0.29, 0.717) is 42.7 Å². The molecule has 1 unspecified atom stereocenters. The predicted octanol–water partition coefficient (Wildman–Crippen LogP) is 2.15. The molecule has 7 nitrogen and oxygen atoms in total. The van der Waals surface area contributed by atoms with Gasteiger partial charge in [-0.2, -0.15) is 4.98 Å². The fraction of sp³-hybridized carbons (Fsp3) is 0.412. The lowest BCUT2D eigenvalue weighted by Gasteiger charge is -2.13. The summed E-state index contributed by atoms with van der Waals surface area (Å²) in [4.78, 5) is 9.08. The molecule has 8 heteroatoms. The summed E-state index contributed by atoms with van der Waals surface area (Å²) in [5.41, 5.74) is 1.58. The molecule has 0 saturated carbocycles. The van der Waals surface area contributed by atoms with Gasteiger partial charge in [0.1, 0.15) is 0 Å². The Bertz CT molecular complexity index is 743. The van der Waals surface area contributed by atoms with E-state index < -0.39 is 7.12 Å². The molecule has 2 aromatic rings. The fourth-order valence-electron chi connectivity index (χ4n) is 2.78. The van der Waals surface area contributed by atoms with Crippen LogP contribution in [0.4, 0.5) is 0 Å². The molecule has 0 spiro atoms. The largest absolute Gasteiger partial charge is 0.493 e. The van der Waals surface area contributed by atoms with Crippen molar-refractivity contribution in [1.29, 1.82) is 0 Å². The van der Waals surface area contributed by atoms with E-state index in [1.54, 1.807) is 20.3 Å². The van der Waals surface area contributed by atoms with E-state index in [9.17, 15) is 5.02 Å². The van der Waals surface area contributed by atoms with Gasteiger partial charge in [-0.05, 0) is 31.4 Å². The van der Waals surface area contributed by atoms with Crippen LogP contribution in [0.25, 0.3) is 11.4 Å². The van der Waals surface area contributed by atoms with Crippen LogP contribution >= 0.6 is 0 Å². The first kappa shape index (κ1) is 17.5. The highest BCUT2D eigenvalue weighted by atomic mass is 16.5. The van der Waals surface area contributed by atoms with E-state index >= 15 is 0 Å². The highest BCUT2D eigenvalue weighted by Gasteiger charge is 2.31. The van der Waals surface area contributed by atoms with Crippen molar-refractivity contribution < 1.29 is 23.9 Å². The van der Waals surface area contributed by atoms with Gasteiger partial charge < -0.3 is 23.9 Å². The number of hydrogen-bond donors (Lipinski definition) is 1. The normalized spacial score (nSPS) is 16.8. The average molecular weight is 344 g/mol. The van der Waals surface area contributed by atoms with Crippen molar-refractivity contribution in [3.05, 3.63) is 30.0 Å². The highest BCUT2D eigenvalue weighted by molar-refractivity contribution is 6.43. The third kappa shape index (κ3) is 3.86. The standard InChI is InChI=1S/C17H21BN2O5/c1-4-24-15-7-11(5-6-14(15)22-2)17-19-13(8-16(20-17)23-3)12-9-18(21)25-10-12/h5-8,12,21H,4,9-10H2,1-3H3. The molecule has 1 aromatic carbocycles. The summed E-state index contributed by atoms with van der Waals surface area (Å²) in [6, 6.07) is 7.33. The van der Waals surface area contributed by atoms with Crippen molar-refractivity contribution in [3.8, 4) is 28.8 Å². The summed E-state index contributed by atoms with van der Waals surface area (Å²) in [6.07, 6.45) is 0.506. The first-order chi connectivity index (χ1) is 12.1. The summed E-state index contributed by atoms with van der Waals surface area (Å²) in [5.74, 6) is 2.29. The number of aromatic nitrogens is 2. The maximum absolute atomic E-state index is 9.60. The van der Waals surface area contributed by atoms with Crippen LogP contribution in [0, 0.1) is 0 Å². The van der Waals surface area contributed by atoms with E-state index in [0.717, 1.165) is 11.3 Å². The second kappa shape index (κ2) is 7.71. The zero-order valence-corrected chi connectivity index (χ0v) is 14.6. The van der Waals surface area contributed by atoms with Crippen molar-refractivity contribution in [1.82, 2.24) is 9.97 Å². The second-order valence-corrected chi connectivity index (χ2v) is 5.68. The Balaban J connectivity index is 2.00. The molecule has 0 aliphatic carbocycles. The van der Waals surface area contributed by atoms with Crippen LogP contribution in [0.15, 0.2) is 24.3 Å². The third-order valence-electron chi connectivity index (χ3n) is 4.05. The summed E-state index contributed by atoms with van der Waals surface area (Å²) in [6.45, 7) is 2.87. The summed E-state index contributed by atoms with van der Waals surface area (Å²) in [7, 11) is 2.42. The molecule has 1 aliphatic heterocycles. The van der Waals surface area contributed by atoms with Gasteiger partial charge in [0.25, 0.3) is 0 Å². The molecule has 0 bridgehead atoms. The summed E-state index contributed by atoms with van der Waals surface area (Å²) in [5, 5.41) is 9.60. The van der Waals surface area contributed by atoms with E-state index in [-0.39, 0.29) is 5.92 Å². The first-order valence-electron chi connectivity index (χ1n) is 8.18. The van der Waals surface area contributed by atoms with E-state index in [4.69, 9.17) is 18.9 Å². The second-order valence-electron chi connectivity index (χ2n) is 5.68. The van der Waals surface area contributed by atoms with Gasteiger partial charge in [-0.3, -0.25) is 0 Å². The predicted molar refractivity (Wildman–Crippen MR) is 93.2 cm³/mol. The van der Waals surface area contributed by atoms with Gasteiger partial charge in [0, 0.05) is 24.2 Å². The fourth-order valence-corrected chi connectivity index (χ4v) is 2.78. The number of rotatable bonds is 6. The van der Waals surface area contributed by atoms with Gasteiger partial charge in [0.2, 0.25) is 5.88 Å². The lowest BCUT2D eigenvalue weighted by Crippen LogP contribution is -2.08. The Labute approximate surface area is 147 Å². The Morgan fingerprint density at radius 2 is 2.04 bits per heavy atom. The summed E-state index contributed by atoms with van der Waals surface area (Å²) >= 11 is 0. The van der Waals surface area contributed by atoms with Crippen LogP contribution in [-0.2, 0) is 4.65 Å². The minimum absolute atomic E-state index is 0.00950. The molecule has 0 radical (unpaired) electrons. The van der Waals surface area contributed by atoms with Crippen LogP contribution < -0.4 is 14.2 Å². The molecule has 25 heavy (non-hydrogen) atoms. The van der Waals surface area contributed by atoms with Crippen molar-refractivity contribution in [2.75, 3.05) is 27.4 Å². The zero-order chi connectivity index (χ0) is 17.8. The van der Waals surface area contributed by atoms with Crippen molar-refractivity contribution in [3.63, 3.8) is 0 Å². The molecule has 1 fully saturated rings. The Hall–Kier alpha value is -2.32. The van der Waals surface area contributed by atoms with Gasteiger partial charge in [-0.1, -0.05) is 0 Å². The minimum Gasteiger partial charge on any atom is -0.493 e. The van der Waals surface area contributed by atoms with Gasteiger partial charge in [0.05, 0.1) is 26.5 Å². The molecule has 0 amide bonds. The van der Waals surface area contributed by atoms with Crippen LogP contribution in [0.3, 0.4) is 0 Å². The third-order valence-corrected chi connectivity index (χ3v) is 4.05. The van der Waals surface area contributed by atoms with Crippen molar-refractivity contribution >= 4 is 7.12 Å². The SMILES string of the molecule is CCOc1cc(-c2nc(OC)cc(C3COB(O)C3)n2)ccc1OC. The number of benzene rings is 1. The monoisotopic (exact) mass is 344 g/mol. The quantitative estimate of drug-likeness (QED) is 0.804. The van der Waals surface area contributed by atoms with Gasteiger partial charge in [0.15, 0.2) is 17.3 Å². The molecule has 1 aromatic heterocycles. The van der Waals surface area contributed by atoms with Crippen LogP contribution in [-0.4, -0.2) is 49.5 Å². The lowest BCUT2D eigenvalue weighted by molar-refractivity contribution is 0.291. The molecule has 3 rings (SSSR count). The first-order valence-corrected chi connectivity index (χ1v) is 8.18. The van der Waals surface area contributed by atoms with E-state index in [2.05, 4.69) is 9.97 Å². The van der Waals surface area contributed by atoms with Gasteiger partial charge in [-0.25, -0.2) is 4.98 Å². The molecule has 1 saturated heterocycles. The smallest absolute Gasteiger partial charge is 0.454 e. The lowest BCUT2D eigenvalue weighted by atomic mass is 9.81. The average Bonchev–Trinajstić information content (AvgIpc) is 3.08. The maximum atomic E-state index is 9.60.